The van der Waals surface area contributed by atoms with Gasteiger partial charge in [0.1, 0.15) is 11.1 Å². The van der Waals surface area contributed by atoms with Crippen LogP contribution in [0.25, 0.3) is 0 Å². The number of hydrogen-bond acceptors (Lipinski definition) is 3. The molecule has 130 valence electrons. The molecule has 0 saturated carbocycles. The number of hydrogen-bond donors (Lipinski definition) is 1. The van der Waals surface area contributed by atoms with Crippen LogP contribution in [0, 0.1) is 25.2 Å². The molecule has 1 heterocycles. The molecule has 1 unspecified atom stereocenters. The summed E-state index contributed by atoms with van der Waals surface area (Å²) < 4.78 is 0. The first-order valence-corrected chi connectivity index (χ1v) is 9.31. The number of nitriles is 1. The second kappa shape index (κ2) is 7.99. The number of carbonyl (C=O) groups excluding carboxylic acids is 1. The highest BCUT2D eigenvalue weighted by Gasteiger charge is 2.23. The Balaban J connectivity index is 1.91. The van der Waals surface area contributed by atoms with Crippen molar-refractivity contribution in [1.82, 2.24) is 0 Å². The number of aryl methyl sites for hydroxylation is 1. The van der Waals surface area contributed by atoms with E-state index in [4.69, 9.17) is 0 Å². The molecule has 4 heteroatoms. The summed E-state index contributed by atoms with van der Waals surface area (Å²) in [4.78, 5) is 14.1. The fourth-order valence-corrected chi connectivity index (χ4v) is 3.96. The van der Waals surface area contributed by atoms with E-state index in [2.05, 4.69) is 11.4 Å². The molecule has 0 radical (unpaired) electrons. The van der Waals surface area contributed by atoms with Gasteiger partial charge in [0.15, 0.2) is 0 Å². The average molecular weight is 360 g/mol. The highest BCUT2D eigenvalue weighted by atomic mass is 32.1. The first-order valence-electron chi connectivity index (χ1n) is 8.50. The first kappa shape index (κ1) is 17.9. The molecule has 0 aliphatic rings. The van der Waals surface area contributed by atoms with Crippen molar-refractivity contribution < 1.29 is 4.79 Å². The molecule has 0 aliphatic carbocycles. The van der Waals surface area contributed by atoms with Crippen LogP contribution in [0.1, 0.15) is 33.0 Å². The van der Waals surface area contributed by atoms with E-state index in [-0.39, 0.29) is 11.8 Å². The van der Waals surface area contributed by atoms with Gasteiger partial charge in [0, 0.05) is 4.88 Å². The highest BCUT2D eigenvalue weighted by Crippen LogP contribution is 2.33. The summed E-state index contributed by atoms with van der Waals surface area (Å²) in [7, 11) is 0. The average Bonchev–Trinajstić information content (AvgIpc) is 2.94. The lowest BCUT2D eigenvalue weighted by molar-refractivity contribution is -0.117. The molecule has 1 aromatic heterocycles. The van der Waals surface area contributed by atoms with Gasteiger partial charge in [-0.2, -0.15) is 5.26 Å². The molecule has 0 spiro atoms. The van der Waals surface area contributed by atoms with Crippen LogP contribution in [-0.2, 0) is 11.2 Å². The van der Waals surface area contributed by atoms with Crippen molar-refractivity contribution in [2.45, 2.75) is 26.2 Å². The summed E-state index contributed by atoms with van der Waals surface area (Å²) in [5.74, 6) is -0.398. The van der Waals surface area contributed by atoms with Gasteiger partial charge < -0.3 is 5.32 Å². The Morgan fingerprint density at radius 3 is 2.31 bits per heavy atom. The molecule has 2 aromatic carbocycles. The van der Waals surface area contributed by atoms with Gasteiger partial charge in [-0.3, -0.25) is 4.79 Å². The zero-order valence-electron chi connectivity index (χ0n) is 14.8. The van der Waals surface area contributed by atoms with E-state index >= 15 is 0 Å². The van der Waals surface area contributed by atoms with E-state index in [1.165, 1.54) is 11.3 Å². The fourth-order valence-electron chi connectivity index (χ4n) is 2.95. The summed E-state index contributed by atoms with van der Waals surface area (Å²) in [5.41, 5.74) is 3.58. The minimum Gasteiger partial charge on any atom is -0.316 e. The number of anilines is 1. The molecule has 0 saturated heterocycles. The highest BCUT2D eigenvalue weighted by molar-refractivity contribution is 7.16. The zero-order valence-corrected chi connectivity index (χ0v) is 15.6. The molecule has 3 aromatic rings. The topological polar surface area (TPSA) is 52.9 Å². The van der Waals surface area contributed by atoms with Crippen molar-refractivity contribution in [2.75, 3.05) is 5.32 Å². The molecule has 1 atom stereocenters. The summed E-state index contributed by atoms with van der Waals surface area (Å²) in [5, 5.41) is 13.1. The number of thiophene rings is 1. The molecule has 0 aliphatic heterocycles. The Kier molecular flexibility index (Phi) is 5.50. The van der Waals surface area contributed by atoms with Crippen molar-refractivity contribution in [3.8, 4) is 6.07 Å². The zero-order chi connectivity index (χ0) is 18.5. The van der Waals surface area contributed by atoms with Crippen LogP contribution in [0.3, 0.4) is 0 Å². The van der Waals surface area contributed by atoms with Crippen molar-refractivity contribution in [1.29, 1.82) is 5.26 Å². The number of nitrogens with one attached hydrogen (secondary N) is 1. The number of amides is 1. The molecule has 3 nitrogen and oxygen atoms in total. The number of benzene rings is 2. The maximum absolute atomic E-state index is 13.1. The Hall–Kier alpha value is -2.90. The van der Waals surface area contributed by atoms with E-state index in [0.29, 0.717) is 17.0 Å². The van der Waals surface area contributed by atoms with Crippen LogP contribution in [0.4, 0.5) is 5.00 Å². The van der Waals surface area contributed by atoms with Gasteiger partial charge in [0.2, 0.25) is 5.91 Å². The molecule has 0 fully saturated rings. The number of rotatable bonds is 5. The van der Waals surface area contributed by atoms with Crippen molar-refractivity contribution in [3.63, 3.8) is 0 Å². The molecular weight excluding hydrogens is 340 g/mol. The summed E-state index contributed by atoms with van der Waals surface area (Å²) >= 11 is 1.46. The van der Waals surface area contributed by atoms with Crippen molar-refractivity contribution >= 4 is 22.2 Å². The summed E-state index contributed by atoms with van der Waals surface area (Å²) in [6.45, 7) is 3.88. The normalized spacial score (nSPS) is 11.6. The number of nitrogens with zero attached hydrogens (tertiary/aromatic N) is 1. The van der Waals surface area contributed by atoms with E-state index in [0.717, 1.165) is 21.6 Å². The van der Waals surface area contributed by atoms with E-state index in [1.807, 2.05) is 74.5 Å². The van der Waals surface area contributed by atoms with Gasteiger partial charge in [0.25, 0.3) is 0 Å². The Morgan fingerprint density at radius 1 is 1.08 bits per heavy atom. The molecule has 1 amide bonds. The molecular formula is C22H20N2OS. The lowest BCUT2D eigenvalue weighted by atomic mass is 9.91. The molecule has 3 rings (SSSR count). The summed E-state index contributed by atoms with van der Waals surface area (Å²) in [6, 6.07) is 22.0. The first-order chi connectivity index (χ1) is 12.6. The third-order valence-corrected chi connectivity index (χ3v) is 5.66. The predicted octanol–water partition coefficient (Wildman–Crippen LogP) is 5.20. The van der Waals surface area contributed by atoms with Crippen LogP contribution < -0.4 is 5.32 Å². The summed E-state index contributed by atoms with van der Waals surface area (Å²) in [6.07, 6.45) is 0.613. The minimum atomic E-state index is -0.312. The quantitative estimate of drug-likeness (QED) is 0.680. The largest absolute Gasteiger partial charge is 0.316 e. The third-order valence-electron chi connectivity index (χ3n) is 4.53. The lowest BCUT2D eigenvalue weighted by Crippen LogP contribution is -2.23. The van der Waals surface area contributed by atoms with Gasteiger partial charge in [-0.15, -0.1) is 11.3 Å². The maximum atomic E-state index is 13.1. The minimum absolute atomic E-state index is 0.0854. The lowest BCUT2D eigenvalue weighted by Gasteiger charge is -2.17. The maximum Gasteiger partial charge on any atom is 0.232 e. The van der Waals surface area contributed by atoms with Gasteiger partial charge in [0.05, 0.1) is 11.5 Å². The van der Waals surface area contributed by atoms with Crippen molar-refractivity contribution in [2.24, 2.45) is 0 Å². The Bertz CT molecular complexity index is 940. The van der Waals surface area contributed by atoms with Crippen LogP contribution in [-0.4, -0.2) is 5.91 Å². The fraction of sp³-hybridized carbons (Fsp3) is 0.182. The smallest absolute Gasteiger partial charge is 0.232 e. The van der Waals surface area contributed by atoms with E-state index in [9.17, 15) is 10.1 Å². The monoisotopic (exact) mass is 360 g/mol. The second-order valence-electron chi connectivity index (χ2n) is 6.24. The van der Waals surface area contributed by atoms with Crippen LogP contribution in [0.5, 0.6) is 0 Å². The Morgan fingerprint density at radius 2 is 1.69 bits per heavy atom. The van der Waals surface area contributed by atoms with E-state index in [1.54, 1.807) is 0 Å². The number of carbonyl (C=O) groups is 1. The van der Waals surface area contributed by atoms with Crippen molar-refractivity contribution in [3.05, 3.63) is 87.8 Å². The van der Waals surface area contributed by atoms with E-state index < -0.39 is 0 Å². The van der Waals surface area contributed by atoms with Crippen LogP contribution in [0.2, 0.25) is 0 Å². The SMILES string of the molecule is Cc1sc(NC(=O)C(Cc2ccccc2)c2ccccc2)c(C#N)c1C. The van der Waals surface area contributed by atoms with Gasteiger partial charge in [-0.1, -0.05) is 60.7 Å². The second-order valence-corrected chi connectivity index (χ2v) is 7.47. The Labute approximate surface area is 157 Å². The third kappa shape index (κ3) is 3.84. The molecule has 26 heavy (non-hydrogen) atoms. The predicted molar refractivity (Wildman–Crippen MR) is 106 cm³/mol. The van der Waals surface area contributed by atoms with Gasteiger partial charge >= 0.3 is 0 Å². The van der Waals surface area contributed by atoms with Gasteiger partial charge in [-0.05, 0) is 37.0 Å². The molecule has 0 bridgehead atoms. The molecule has 1 N–H and O–H groups in total. The standard InChI is InChI=1S/C22H20N2OS/c1-15-16(2)26-22(20(15)14-23)24-21(25)19(18-11-7-4-8-12-18)13-17-9-5-3-6-10-17/h3-12,19H,13H2,1-2H3,(H,24,25). The van der Waals surface area contributed by atoms with Crippen LogP contribution >= 0.6 is 11.3 Å². The van der Waals surface area contributed by atoms with Gasteiger partial charge in [-0.25, -0.2) is 0 Å². The van der Waals surface area contributed by atoms with Crippen LogP contribution in [0.15, 0.2) is 60.7 Å².